The van der Waals surface area contributed by atoms with Crippen molar-refractivity contribution in [1.29, 1.82) is 0 Å². The van der Waals surface area contributed by atoms with E-state index in [9.17, 15) is 9.59 Å². The molecule has 1 saturated heterocycles. The molecule has 1 aliphatic rings. The molecule has 0 aromatic rings. The number of hydrogen-bond acceptors (Lipinski definition) is 2. The standard InChI is InChI=1S/C26H47NO2/c1-4-6-8-9-10-11-12-13-14-15-16-17-18-20-24(23(3)19-7-5-2)27-25(28)21-22-26(27)29/h19,24H,4-18,20-22H2,1-3H3/b23-19+. The zero-order chi connectivity index (χ0) is 21.3. The molecule has 168 valence electrons. The number of carbonyl (C=O) groups is 2. The summed E-state index contributed by atoms with van der Waals surface area (Å²) in [6, 6.07) is -0.00300. The molecule has 3 nitrogen and oxygen atoms in total. The van der Waals surface area contributed by atoms with Gasteiger partial charge in [-0.15, -0.1) is 0 Å². The Bertz CT molecular complexity index is 467. The highest BCUT2D eigenvalue weighted by molar-refractivity contribution is 6.02. The first-order valence-corrected chi connectivity index (χ1v) is 12.6. The van der Waals surface area contributed by atoms with Gasteiger partial charge in [-0.3, -0.25) is 14.5 Å². The minimum Gasteiger partial charge on any atom is -0.275 e. The fourth-order valence-corrected chi connectivity index (χ4v) is 4.37. The van der Waals surface area contributed by atoms with Crippen molar-refractivity contribution in [3.8, 4) is 0 Å². The highest BCUT2D eigenvalue weighted by Gasteiger charge is 2.35. The fraction of sp³-hybridized carbons (Fsp3) is 0.846. The smallest absolute Gasteiger partial charge is 0.230 e. The maximum atomic E-state index is 12.2. The van der Waals surface area contributed by atoms with Crippen molar-refractivity contribution >= 4 is 11.8 Å². The number of nitrogens with zero attached hydrogens (tertiary/aromatic N) is 1. The molecule has 1 rings (SSSR count). The molecule has 1 unspecified atom stereocenters. The van der Waals surface area contributed by atoms with Crippen LogP contribution in [0.2, 0.25) is 0 Å². The molecule has 1 aliphatic heterocycles. The minimum absolute atomic E-state index is 0.00300. The maximum Gasteiger partial charge on any atom is 0.230 e. The molecule has 1 heterocycles. The SMILES string of the molecule is CCC/C=C(\C)C(CCCCCCCCCCCCCCC)N1C(=O)CCC1=O. The van der Waals surface area contributed by atoms with E-state index in [1.165, 1.54) is 82.6 Å². The Morgan fingerprint density at radius 3 is 1.66 bits per heavy atom. The molecule has 0 aliphatic carbocycles. The molecule has 0 radical (unpaired) electrons. The quantitative estimate of drug-likeness (QED) is 0.133. The Balaban J connectivity index is 2.18. The summed E-state index contributed by atoms with van der Waals surface area (Å²) in [5.41, 5.74) is 1.20. The monoisotopic (exact) mass is 405 g/mol. The van der Waals surface area contributed by atoms with Crippen molar-refractivity contribution in [3.05, 3.63) is 11.6 Å². The summed E-state index contributed by atoms with van der Waals surface area (Å²) in [4.78, 5) is 26.0. The molecule has 0 N–H and O–H groups in total. The summed E-state index contributed by atoms with van der Waals surface area (Å²) in [5, 5.41) is 0. The average molecular weight is 406 g/mol. The van der Waals surface area contributed by atoms with Gasteiger partial charge >= 0.3 is 0 Å². The van der Waals surface area contributed by atoms with E-state index >= 15 is 0 Å². The van der Waals surface area contributed by atoms with Crippen LogP contribution in [-0.2, 0) is 9.59 Å². The zero-order valence-corrected chi connectivity index (χ0v) is 19.6. The summed E-state index contributed by atoms with van der Waals surface area (Å²) in [6.07, 6.45) is 23.5. The van der Waals surface area contributed by atoms with Gasteiger partial charge in [-0.1, -0.05) is 115 Å². The van der Waals surface area contributed by atoms with Crippen LogP contribution in [0.1, 0.15) is 136 Å². The van der Waals surface area contributed by atoms with E-state index in [1.807, 2.05) is 0 Å². The number of unbranched alkanes of at least 4 members (excludes halogenated alkanes) is 13. The zero-order valence-electron chi connectivity index (χ0n) is 19.6. The maximum absolute atomic E-state index is 12.2. The second-order valence-electron chi connectivity index (χ2n) is 8.94. The number of carbonyl (C=O) groups excluding carboxylic acids is 2. The highest BCUT2D eigenvalue weighted by atomic mass is 16.2. The third-order valence-electron chi connectivity index (χ3n) is 6.26. The first-order valence-electron chi connectivity index (χ1n) is 12.6. The number of hydrogen-bond donors (Lipinski definition) is 0. The largest absolute Gasteiger partial charge is 0.275 e. The lowest BCUT2D eigenvalue weighted by Crippen LogP contribution is -2.40. The number of amides is 2. The number of likely N-dealkylation sites (tertiary alicyclic amines) is 1. The Hall–Kier alpha value is -1.12. The average Bonchev–Trinajstić information content (AvgIpc) is 3.04. The molecule has 0 saturated carbocycles. The van der Waals surface area contributed by atoms with Gasteiger partial charge in [-0.05, 0) is 19.8 Å². The number of imide groups is 1. The molecule has 1 fully saturated rings. The molecule has 0 aromatic heterocycles. The molecule has 3 heteroatoms. The van der Waals surface area contributed by atoms with Crippen LogP contribution in [0.5, 0.6) is 0 Å². The summed E-state index contributed by atoms with van der Waals surface area (Å²) in [5.74, 6) is 0.0536. The fourth-order valence-electron chi connectivity index (χ4n) is 4.37. The molecular weight excluding hydrogens is 358 g/mol. The highest BCUT2D eigenvalue weighted by Crippen LogP contribution is 2.25. The normalized spacial score (nSPS) is 16.1. The summed E-state index contributed by atoms with van der Waals surface area (Å²) < 4.78 is 0. The van der Waals surface area contributed by atoms with Gasteiger partial charge in [0, 0.05) is 12.8 Å². The van der Waals surface area contributed by atoms with E-state index < -0.39 is 0 Å². The Labute approximate surface area is 180 Å². The van der Waals surface area contributed by atoms with Gasteiger partial charge in [0.2, 0.25) is 11.8 Å². The predicted molar refractivity (Wildman–Crippen MR) is 124 cm³/mol. The first kappa shape index (κ1) is 25.9. The lowest BCUT2D eigenvalue weighted by atomic mass is 9.97. The van der Waals surface area contributed by atoms with Crippen LogP contribution in [0.25, 0.3) is 0 Å². The Morgan fingerprint density at radius 2 is 1.21 bits per heavy atom. The van der Waals surface area contributed by atoms with Crippen LogP contribution in [0.3, 0.4) is 0 Å². The van der Waals surface area contributed by atoms with Gasteiger partial charge < -0.3 is 0 Å². The molecular formula is C26H47NO2. The first-order chi connectivity index (χ1) is 14.1. The van der Waals surface area contributed by atoms with E-state index in [0.717, 1.165) is 25.7 Å². The van der Waals surface area contributed by atoms with Gasteiger partial charge in [0.15, 0.2) is 0 Å². The Kier molecular flexibility index (Phi) is 14.9. The summed E-state index contributed by atoms with van der Waals surface area (Å²) in [7, 11) is 0. The third-order valence-corrected chi connectivity index (χ3v) is 6.26. The molecule has 29 heavy (non-hydrogen) atoms. The van der Waals surface area contributed by atoms with Crippen molar-refractivity contribution in [2.24, 2.45) is 0 Å². The second-order valence-corrected chi connectivity index (χ2v) is 8.94. The predicted octanol–water partition coefficient (Wildman–Crippen LogP) is 7.73. The Morgan fingerprint density at radius 1 is 0.759 bits per heavy atom. The van der Waals surface area contributed by atoms with Crippen LogP contribution >= 0.6 is 0 Å². The molecule has 2 amide bonds. The van der Waals surface area contributed by atoms with E-state index in [2.05, 4.69) is 26.8 Å². The van der Waals surface area contributed by atoms with Gasteiger partial charge in [0.05, 0.1) is 6.04 Å². The third kappa shape index (κ3) is 11.0. The molecule has 0 aromatic carbocycles. The van der Waals surface area contributed by atoms with Crippen molar-refractivity contribution in [1.82, 2.24) is 4.90 Å². The number of rotatable bonds is 18. The number of allylic oxidation sites excluding steroid dienone is 1. The molecule has 0 spiro atoms. The van der Waals surface area contributed by atoms with Crippen LogP contribution in [0, 0.1) is 0 Å². The van der Waals surface area contributed by atoms with Gasteiger partial charge in [-0.2, -0.15) is 0 Å². The van der Waals surface area contributed by atoms with Gasteiger partial charge in [0.1, 0.15) is 0 Å². The summed E-state index contributed by atoms with van der Waals surface area (Å²) >= 11 is 0. The summed E-state index contributed by atoms with van der Waals surface area (Å²) in [6.45, 7) is 6.54. The van der Waals surface area contributed by atoms with E-state index in [1.54, 1.807) is 4.90 Å². The van der Waals surface area contributed by atoms with Crippen LogP contribution in [-0.4, -0.2) is 22.8 Å². The lowest BCUT2D eigenvalue weighted by Gasteiger charge is -2.27. The van der Waals surface area contributed by atoms with Crippen molar-refractivity contribution in [2.45, 2.75) is 142 Å². The van der Waals surface area contributed by atoms with Crippen LogP contribution < -0.4 is 0 Å². The van der Waals surface area contributed by atoms with Gasteiger partial charge in [0.25, 0.3) is 0 Å². The van der Waals surface area contributed by atoms with E-state index in [-0.39, 0.29) is 17.9 Å². The van der Waals surface area contributed by atoms with Gasteiger partial charge in [-0.25, -0.2) is 0 Å². The van der Waals surface area contributed by atoms with Crippen molar-refractivity contribution in [2.75, 3.05) is 0 Å². The topological polar surface area (TPSA) is 37.4 Å². The van der Waals surface area contributed by atoms with Crippen LogP contribution in [0.15, 0.2) is 11.6 Å². The van der Waals surface area contributed by atoms with Crippen molar-refractivity contribution < 1.29 is 9.59 Å². The van der Waals surface area contributed by atoms with Crippen LogP contribution in [0.4, 0.5) is 0 Å². The lowest BCUT2D eigenvalue weighted by molar-refractivity contribution is -0.140. The van der Waals surface area contributed by atoms with E-state index in [0.29, 0.717) is 12.8 Å². The van der Waals surface area contributed by atoms with Crippen molar-refractivity contribution in [3.63, 3.8) is 0 Å². The van der Waals surface area contributed by atoms with E-state index in [4.69, 9.17) is 0 Å². The molecule has 1 atom stereocenters. The molecule has 0 bridgehead atoms. The minimum atomic E-state index is -0.00300. The second kappa shape index (κ2) is 16.7.